The van der Waals surface area contributed by atoms with Gasteiger partial charge in [0.15, 0.2) is 37.2 Å². The van der Waals surface area contributed by atoms with Gasteiger partial charge in [-0.3, -0.25) is 19.2 Å². The smallest absolute Gasteiger partial charge is 0.338 e. The topological polar surface area (TPSA) is 611 Å². The van der Waals surface area contributed by atoms with Crippen molar-refractivity contribution in [3.8, 4) is 0 Å². The molecular weight excluding hydrogens is 1490 g/mol. The summed E-state index contributed by atoms with van der Waals surface area (Å²) in [4.78, 5) is 135. The summed E-state index contributed by atoms with van der Waals surface area (Å²) >= 11 is 5.11. The molecule has 43 nitrogen and oxygen atoms in total. The average molecular weight is 1590 g/mol. The number of nitrogens with one attached hydrogen (secondary N) is 3. The third-order valence-electron chi connectivity index (χ3n) is 17.2. The predicted octanol–water partition coefficient (Wildman–Crippen LogP) is -8.43. The third-order valence-corrected chi connectivity index (χ3v) is 18.9. The summed E-state index contributed by atoms with van der Waals surface area (Å²) < 4.78 is 73.8. The lowest BCUT2D eigenvalue weighted by Crippen LogP contribution is -2.65. The molecule has 31 atom stereocenters. The Bertz CT molecular complexity index is 2870. The lowest BCUT2D eigenvalue weighted by Gasteiger charge is -2.46. The SMILES string of the molecule is C=C(C)C(=O)OCC(O)COC(=O)C1OC(OO[C@H]2C[C@H](NC(C)=O)[C@H](O[C@@H]3CC(O)C(C)OC3C(=O)OC[C@@H](O)COC(=O)[C@H](C)CSCC(O)C(O)CS)O[C@H]2CO)C(O)C(O)[C@H]1O[C@@H]1O[C@@H](CO)[C@@H](OOC2OC(C(=O)O)[C@H](O[C@@H]3O[C@@H](CO)[C@@H](OOC)C[C@@H]3NC(C)=O)C(O)C2O)C[C@@H]1NC(C)=O. The largest absolute Gasteiger partial charge is 0.479 e. The highest BCUT2D eigenvalue weighted by Gasteiger charge is 2.57. The third kappa shape index (κ3) is 26.4. The summed E-state index contributed by atoms with van der Waals surface area (Å²) in [6.45, 7) is 5.37. The first-order valence-corrected chi connectivity index (χ1v) is 35.7. The van der Waals surface area contributed by atoms with Crippen LogP contribution in [-0.2, 0) is 129 Å². The number of carbonyl (C=O) groups is 8. The van der Waals surface area contributed by atoms with E-state index in [0.717, 1.165) is 20.8 Å². The number of thiol groups is 1. The molecule has 6 aliphatic rings. The number of carboxylic acids is 1. The van der Waals surface area contributed by atoms with Crippen LogP contribution in [0.3, 0.4) is 0 Å². The van der Waals surface area contributed by atoms with E-state index in [9.17, 15) is 105 Å². The van der Waals surface area contributed by atoms with Crippen LogP contribution in [0.1, 0.15) is 67.2 Å². The van der Waals surface area contributed by atoms with Gasteiger partial charge in [-0.05, 0) is 13.8 Å². The van der Waals surface area contributed by atoms with Crippen LogP contribution < -0.4 is 16.0 Å². The van der Waals surface area contributed by atoms with Crippen molar-refractivity contribution in [2.45, 2.75) is 251 Å². The van der Waals surface area contributed by atoms with Gasteiger partial charge in [-0.2, -0.15) is 24.4 Å². The minimum atomic E-state index is -2.36. The van der Waals surface area contributed by atoms with Crippen LogP contribution in [-0.4, -0.2) is 368 Å². The number of ether oxygens (including phenoxy) is 13. The number of carboxylic acid groups (broad SMARTS) is 1. The molecule has 0 spiro atoms. The van der Waals surface area contributed by atoms with Crippen molar-refractivity contribution < 1.29 is 196 Å². The Morgan fingerprint density at radius 3 is 1.36 bits per heavy atom. The molecule has 45 heteroatoms. The molecular formula is C62H99N3O40S2. The number of aliphatic hydroxyl groups is 12. The van der Waals surface area contributed by atoms with Gasteiger partial charge in [0.2, 0.25) is 30.3 Å². The molecule has 16 N–H and O–H groups in total. The first-order chi connectivity index (χ1) is 50.6. The summed E-state index contributed by atoms with van der Waals surface area (Å²) in [7, 11) is 1.18. The van der Waals surface area contributed by atoms with E-state index in [-0.39, 0.29) is 35.7 Å². The van der Waals surface area contributed by atoms with Gasteiger partial charge in [-0.15, -0.1) is 0 Å². The van der Waals surface area contributed by atoms with Gasteiger partial charge in [0.1, 0.15) is 118 Å². The second kappa shape index (κ2) is 43.8. The Labute approximate surface area is 621 Å². The summed E-state index contributed by atoms with van der Waals surface area (Å²) in [5.41, 5.74) is -0.0511. The van der Waals surface area contributed by atoms with Crippen molar-refractivity contribution in [2.24, 2.45) is 5.92 Å². The number of amides is 3. The van der Waals surface area contributed by atoms with E-state index in [1.54, 1.807) is 0 Å². The predicted molar refractivity (Wildman–Crippen MR) is 349 cm³/mol. The molecule has 0 aromatic rings. The molecule has 107 heavy (non-hydrogen) atoms. The Morgan fingerprint density at radius 1 is 0.514 bits per heavy atom. The Morgan fingerprint density at radius 2 is 0.935 bits per heavy atom. The molecule has 6 aliphatic heterocycles. The minimum Gasteiger partial charge on any atom is -0.479 e. The lowest BCUT2D eigenvalue weighted by atomic mass is 9.97. The van der Waals surface area contributed by atoms with Crippen LogP contribution in [0.5, 0.6) is 0 Å². The molecule has 0 aromatic carbocycles. The fourth-order valence-corrected chi connectivity index (χ4v) is 12.8. The van der Waals surface area contributed by atoms with E-state index in [2.05, 4.69) is 35.2 Å². The van der Waals surface area contributed by atoms with E-state index in [0.29, 0.717) is 0 Å². The highest BCUT2D eigenvalue weighted by molar-refractivity contribution is 7.99. The normalized spacial score (nSPS) is 36.0. The molecule has 6 saturated heterocycles. The molecule has 0 bridgehead atoms. The lowest BCUT2D eigenvalue weighted by molar-refractivity contribution is -0.461. The van der Waals surface area contributed by atoms with Gasteiger partial charge in [0.25, 0.3) is 0 Å². The van der Waals surface area contributed by atoms with Gasteiger partial charge in [-0.25, -0.2) is 48.5 Å². The number of hydrogen-bond acceptors (Lipinski definition) is 41. The van der Waals surface area contributed by atoms with Crippen LogP contribution >= 0.6 is 24.4 Å². The quantitative estimate of drug-likeness (QED) is 0.00679. The number of aliphatic carboxylic acids is 1. The maximum atomic E-state index is 14.2. The van der Waals surface area contributed by atoms with Crippen molar-refractivity contribution >= 4 is 72.0 Å². The number of esters is 4. The van der Waals surface area contributed by atoms with Crippen LogP contribution in [0.4, 0.5) is 0 Å². The summed E-state index contributed by atoms with van der Waals surface area (Å²) in [5, 5.41) is 147. The number of thioether (sulfide) groups is 1. The molecule has 6 heterocycles. The zero-order valence-electron chi connectivity index (χ0n) is 59.2. The number of hydrogen-bond donors (Lipinski definition) is 17. The van der Waals surface area contributed by atoms with Gasteiger partial charge in [0.05, 0.1) is 75.4 Å². The Kier molecular flexibility index (Phi) is 37.3. The van der Waals surface area contributed by atoms with E-state index in [4.69, 9.17) is 90.9 Å². The van der Waals surface area contributed by atoms with Crippen molar-refractivity contribution in [1.29, 1.82) is 0 Å². The fourth-order valence-electron chi connectivity index (χ4n) is 11.5. The van der Waals surface area contributed by atoms with Crippen LogP contribution in [0.15, 0.2) is 12.2 Å². The molecule has 3 amide bonds. The van der Waals surface area contributed by atoms with E-state index in [1.807, 2.05) is 0 Å². The molecule has 6 fully saturated rings. The van der Waals surface area contributed by atoms with E-state index < -0.39 is 296 Å². The van der Waals surface area contributed by atoms with Gasteiger partial charge in [-0.1, -0.05) is 13.5 Å². The summed E-state index contributed by atoms with van der Waals surface area (Å²) in [5.74, 6) is -8.53. The average Bonchev–Trinajstić information content (AvgIpc) is 0.787. The standard InChI is InChI=1S/C62H99N3O40S2/c1-23(2)54(83)88-16-29(72)19-91-57(86)52-50(98-60-33(65-28(7)71)11-39(43(15-68)96-60)102-104-61-46(79)44(77)49(51(99-61)53(81)82)97-59-32(64-27(6)70)9-37(101-87-8)41(13-66)95-59)45(78)47(80)62(100-52)105-103-38-10-31(63-26(5)69)58(94-42(38)14-67)93-40-12-34(74)25(4)92-48(40)56(85)90-18-30(73)17-89-55(84)24(3)21-107-22-36(76)35(75)20-106/h24-25,29-52,58-62,66-68,72-80,106H,1,9-22H2,2-8H3,(H,63,69)(H,64,70)(H,65,71)(H,81,82)/t24-,25?,29?,30+,31+,32+,33+,34?,35?,36?,37+,38+,39+,40-,41+,42+,43+,44?,45?,46?,47?,48?,49-,50-,51?,52?,58-,59+,60+,61?,62?/m1/s1. The first kappa shape index (κ1) is 91.0. The fraction of sp³-hybridized carbons (Fsp3) is 0.839. The van der Waals surface area contributed by atoms with E-state index >= 15 is 0 Å². The van der Waals surface area contributed by atoms with Crippen LogP contribution in [0.2, 0.25) is 0 Å². The van der Waals surface area contributed by atoms with Gasteiger partial charge < -0.3 is 144 Å². The van der Waals surface area contributed by atoms with Crippen LogP contribution in [0.25, 0.3) is 0 Å². The number of aliphatic hydroxyl groups excluding tert-OH is 12. The molecule has 0 saturated carbocycles. The van der Waals surface area contributed by atoms with Crippen molar-refractivity contribution in [3.63, 3.8) is 0 Å². The maximum Gasteiger partial charge on any atom is 0.338 e. The highest BCUT2D eigenvalue weighted by Crippen LogP contribution is 2.37. The Balaban J connectivity index is 1.14. The second-order valence-corrected chi connectivity index (χ2v) is 27.4. The van der Waals surface area contributed by atoms with Crippen molar-refractivity contribution in [2.75, 3.05) is 70.6 Å². The van der Waals surface area contributed by atoms with Gasteiger partial charge >= 0.3 is 29.8 Å². The zero-order valence-corrected chi connectivity index (χ0v) is 60.9. The summed E-state index contributed by atoms with van der Waals surface area (Å²) in [6.07, 6.45) is -47.9. The monoisotopic (exact) mass is 1590 g/mol. The molecule has 0 radical (unpaired) electrons. The minimum absolute atomic E-state index is 0.0253. The number of rotatable bonds is 39. The van der Waals surface area contributed by atoms with Gasteiger partial charge in [0, 0.05) is 69.3 Å². The molecule has 6 rings (SSSR count). The second-order valence-electron chi connectivity index (χ2n) is 26.0. The molecule has 0 aliphatic carbocycles. The van der Waals surface area contributed by atoms with Crippen LogP contribution in [0, 0.1) is 5.92 Å². The Hall–Kier alpha value is -4.88. The molecule has 0 aromatic heterocycles. The first-order valence-electron chi connectivity index (χ1n) is 33.9. The van der Waals surface area contributed by atoms with Crippen molar-refractivity contribution in [3.05, 3.63) is 12.2 Å². The number of carbonyl (C=O) groups excluding carboxylic acids is 7. The molecule has 614 valence electrons. The highest BCUT2D eigenvalue weighted by atomic mass is 32.2. The van der Waals surface area contributed by atoms with Crippen molar-refractivity contribution in [1.82, 2.24) is 16.0 Å². The molecule has 14 unspecified atom stereocenters. The maximum absolute atomic E-state index is 14.2. The van der Waals surface area contributed by atoms with E-state index in [1.165, 1.54) is 39.6 Å². The zero-order chi connectivity index (χ0) is 79.3. The summed E-state index contributed by atoms with van der Waals surface area (Å²) in [6, 6.07) is -3.91.